The van der Waals surface area contributed by atoms with Crippen LogP contribution in [0.3, 0.4) is 0 Å². The first-order valence-corrected chi connectivity index (χ1v) is 11.7. The number of halogens is 2. The van der Waals surface area contributed by atoms with Gasteiger partial charge in [0.15, 0.2) is 5.82 Å². The van der Waals surface area contributed by atoms with Gasteiger partial charge >= 0.3 is 0 Å². The molecule has 5 aromatic rings. The minimum atomic E-state index is -0.230. The normalized spacial score (nSPS) is 13.8. The molecule has 6 rings (SSSR count). The second-order valence-electron chi connectivity index (χ2n) is 8.66. The maximum atomic E-state index is 13.5. The van der Waals surface area contributed by atoms with Crippen molar-refractivity contribution in [1.82, 2.24) is 19.9 Å². The maximum absolute atomic E-state index is 13.5. The third-order valence-electron chi connectivity index (χ3n) is 6.44. The Morgan fingerprint density at radius 2 is 1.71 bits per heavy atom. The van der Waals surface area contributed by atoms with Crippen LogP contribution in [0, 0.1) is 5.82 Å². The van der Waals surface area contributed by atoms with Crippen LogP contribution >= 0.6 is 11.6 Å². The molecule has 1 aliphatic rings. The molecule has 0 fully saturated rings. The molecule has 3 aromatic carbocycles. The highest BCUT2D eigenvalue weighted by Gasteiger charge is 2.22. The number of hydrogen-bond acceptors (Lipinski definition) is 3. The molecule has 0 spiro atoms. The zero-order valence-electron chi connectivity index (χ0n) is 18.4. The molecule has 6 heteroatoms. The van der Waals surface area contributed by atoms with Gasteiger partial charge in [-0.2, -0.15) is 0 Å². The highest BCUT2D eigenvalue weighted by Crippen LogP contribution is 2.33. The summed E-state index contributed by atoms with van der Waals surface area (Å²) in [6.07, 6.45) is 2.82. The lowest BCUT2D eigenvalue weighted by Gasteiger charge is -2.28. The maximum Gasteiger partial charge on any atom is 0.159 e. The molecule has 2 aromatic heterocycles. The highest BCUT2D eigenvalue weighted by atomic mass is 35.5. The van der Waals surface area contributed by atoms with E-state index in [9.17, 15) is 4.39 Å². The first-order chi connectivity index (χ1) is 16.6. The summed E-state index contributed by atoms with van der Waals surface area (Å²) in [5.74, 6) is 0.506. The van der Waals surface area contributed by atoms with Crippen LogP contribution in [-0.4, -0.2) is 26.4 Å². The highest BCUT2D eigenvalue weighted by molar-refractivity contribution is 6.30. The van der Waals surface area contributed by atoms with E-state index >= 15 is 0 Å². The van der Waals surface area contributed by atoms with Crippen molar-refractivity contribution < 1.29 is 4.39 Å². The molecule has 0 unspecified atom stereocenters. The quantitative estimate of drug-likeness (QED) is 0.321. The van der Waals surface area contributed by atoms with Crippen LogP contribution in [0.25, 0.3) is 33.5 Å². The molecule has 0 atom stereocenters. The first kappa shape index (κ1) is 21.0. The van der Waals surface area contributed by atoms with Crippen molar-refractivity contribution in [2.24, 2.45) is 0 Å². The van der Waals surface area contributed by atoms with Crippen LogP contribution in [0.15, 0.2) is 79.0 Å². The van der Waals surface area contributed by atoms with Gasteiger partial charge in [0.1, 0.15) is 5.82 Å². The van der Waals surface area contributed by atoms with Gasteiger partial charge in [-0.1, -0.05) is 29.8 Å². The number of aromatic nitrogens is 3. The lowest BCUT2D eigenvalue weighted by atomic mass is 10.0. The molecule has 0 aliphatic carbocycles. The SMILES string of the molecule is Fc1ccc(-c2[nH]c3ccccc3c2CN2CCc3nc(-c4ccc(Cl)cc4)ncc3C2)cc1. The fourth-order valence-electron chi connectivity index (χ4n) is 4.70. The van der Waals surface area contributed by atoms with E-state index < -0.39 is 0 Å². The van der Waals surface area contributed by atoms with Crippen LogP contribution in [0.5, 0.6) is 0 Å². The number of nitrogens with one attached hydrogen (secondary N) is 1. The molecular formula is C28H22ClFN4. The van der Waals surface area contributed by atoms with E-state index in [-0.39, 0.29) is 5.82 Å². The molecule has 3 heterocycles. The fourth-order valence-corrected chi connectivity index (χ4v) is 4.82. The number of hydrogen-bond donors (Lipinski definition) is 1. The van der Waals surface area contributed by atoms with Gasteiger partial charge in [-0.3, -0.25) is 4.90 Å². The summed E-state index contributed by atoms with van der Waals surface area (Å²) in [4.78, 5) is 15.5. The van der Waals surface area contributed by atoms with Crippen molar-refractivity contribution in [2.45, 2.75) is 19.5 Å². The van der Waals surface area contributed by atoms with Gasteiger partial charge in [-0.05, 0) is 65.7 Å². The monoisotopic (exact) mass is 468 g/mol. The van der Waals surface area contributed by atoms with Gasteiger partial charge in [0.2, 0.25) is 0 Å². The number of para-hydroxylation sites is 1. The molecule has 34 heavy (non-hydrogen) atoms. The molecular weight excluding hydrogens is 447 g/mol. The summed E-state index contributed by atoms with van der Waals surface area (Å²) in [6, 6.07) is 22.6. The molecule has 0 saturated carbocycles. The number of rotatable bonds is 4. The van der Waals surface area contributed by atoms with E-state index in [0.29, 0.717) is 5.02 Å². The van der Waals surface area contributed by atoms with E-state index in [1.165, 1.54) is 23.1 Å². The summed E-state index contributed by atoms with van der Waals surface area (Å²) in [5.41, 5.74) is 7.58. The summed E-state index contributed by atoms with van der Waals surface area (Å²) in [5, 5.41) is 1.90. The van der Waals surface area contributed by atoms with Crippen molar-refractivity contribution in [3.8, 4) is 22.6 Å². The van der Waals surface area contributed by atoms with Crippen molar-refractivity contribution in [1.29, 1.82) is 0 Å². The van der Waals surface area contributed by atoms with Crippen LogP contribution in [-0.2, 0) is 19.5 Å². The Balaban J connectivity index is 1.29. The lowest BCUT2D eigenvalue weighted by Crippen LogP contribution is -2.31. The zero-order valence-corrected chi connectivity index (χ0v) is 19.2. The molecule has 1 aliphatic heterocycles. The van der Waals surface area contributed by atoms with Gasteiger partial charge in [-0.25, -0.2) is 14.4 Å². The summed E-state index contributed by atoms with van der Waals surface area (Å²) in [7, 11) is 0. The lowest BCUT2D eigenvalue weighted by molar-refractivity contribution is 0.244. The number of aromatic amines is 1. The fraction of sp³-hybridized carbons (Fsp3) is 0.143. The Morgan fingerprint density at radius 1 is 0.941 bits per heavy atom. The zero-order chi connectivity index (χ0) is 23.1. The van der Waals surface area contributed by atoms with Gasteiger partial charge in [0.05, 0.1) is 11.4 Å². The molecule has 0 saturated heterocycles. The van der Waals surface area contributed by atoms with Gasteiger partial charge < -0.3 is 4.98 Å². The van der Waals surface area contributed by atoms with Gasteiger partial charge in [0, 0.05) is 59.3 Å². The van der Waals surface area contributed by atoms with E-state index in [1.807, 2.05) is 48.7 Å². The molecule has 4 nitrogen and oxygen atoms in total. The average molecular weight is 469 g/mol. The van der Waals surface area contributed by atoms with Crippen LogP contribution in [0.2, 0.25) is 5.02 Å². The number of H-pyrrole nitrogens is 1. The van der Waals surface area contributed by atoms with E-state index in [2.05, 4.69) is 33.1 Å². The molecule has 0 bridgehead atoms. The van der Waals surface area contributed by atoms with E-state index in [0.717, 1.165) is 65.5 Å². The number of benzene rings is 3. The standard InChI is InChI=1S/C28H22ClFN4/c29-21-9-5-19(6-10-21)28-31-15-20-16-34(14-13-25(20)33-28)17-24-23-3-1-2-4-26(23)32-27(24)18-7-11-22(30)12-8-18/h1-12,15,32H,13-14,16-17H2. The minimum absolute atomic E-state index is 0.230. The Hall–Kier alpha value is -3.54. The number of fused-ring (bicyclic) bond motifs is 2. The molecule has 0 amide bonds. The second-order valence-corrected chi connectivity index (χ2v) is 9.10. The molecule has 1 N–H and O–H groups in total. The predicted molar refractivity (Wildman–Crippen MR) is 134 cm³/mol. The van der Waals surface area contributed by atoms with Gasteiger partial charge in [0.25, 0.3) is 0 Å². The Bertz CT molecular complexity index is 1480. The van der Waals surface area contributed by atoms with Crippen molar-refractivity contribution in [3.63, 3.8) is 0 Å². The van der Waals surface area contributed by atoms with Crippen molar-refractivity contribution >= 4 is 22.5 Å². The molecule has 168 valence electrons. The minimum Gasteiger partial charge on any atom is -0.354 e. The largest absolute Gasteiger partial charge is 0.354 e. The van der Waals surface area contributed by atoms with Gasteiger partial charge in [-0.15, -0.1) is 0 Å². The van der Waals surface area contributed by atoms with Crippen molar-refractivity contribution in [2.75, 3.05) is 6.54 Å². The van der Waals surface area contributed by atoms with Crippen molar-refractivity contribution in [3.05, 3.63) is 107 Å². The Kier molecular flexibility index (Phi) is 5.36. The molecule has 0 radical (unpaired) electrons. The van der Waals surface area contributed by atoms with E-state index in [1.54, 1.807) is 0 Å². The topological polar surface area (TPSA) is 44.8 Å². The third-order valence-corrected chi connectivity index (χ3v) is 6.70. The Labute approximate surface area is 202 Å². The Morgan fingerprint density at radius 3 is 2.53 bits per heavy atom. The second kappa shape index (κ2) is 8.67. The van der Waals surface area contributed by atoms with Crippen LogP contribution in [0.1, 0.15) is 16.8 Å². The van der Waals surface area contributed by atoms with Crippen LogP contribution in [0.4, 0.5) is 4.39 Å². The number of nitrogens with zero attached hydrogens (tertiary/aromatic N) is 3. The summed E-state index contributed by atoms with van der Waals surface area (Å²) >= 11 is 6.02. The average Bonchev–Trinajstić information content (AvgIpc) is 3.23. The van der Waals surface area contributed by atoms with Crippen LogP contribution < -0.4 is 0 Å². The third kappa shape index (κ3) is 3.98. The smallest absolute Gasteiger partial charge is 0.159 e. The predicted octanol–water partition coefficient (Wildman–Crippen LogP) is 6.64. The van der Waals surface area contributed by atoms with E-state index in [4.69, 9.17) is 16.6 Å². The summed E-state index contributed by atoms with van der Waals surface area (Å²) in [6.45, 7) is 2.49. The first-order valence-electron chi connectivity index (χ1n) is 11.3. The summed E-state index contributed by atoms with van der Waals surface area (Å²) < 4.78 is 13.5.